The van der Waals surface area contributed by atoms with E-state index in [-0.39, 0.29) is 6.61 Å². The standard InChI is InChI=1S/C16H15NO3/c1-12-9-14(10-18)7-8-15(12)17-16(19)20-11-13-5-3-2-4-6-13/h2-10H,11H2,1H3,(H,17,19). The second-order valence-electron chi connectivity index (χ2n) is 4.38. The van der Waals surface area contributed by atoms with Crippen molar-refractivity contribution in [3.63, 3.8) is 0 Å². The van der Waals surface area contributed by atoms with Crippen LogP contribution in [0.5, 0.6) is 0 Å². The Morgan fingerprint density at radius 3 is 2.60 bits per heavy atom. The number of anilines is 1. The van der Waals surface area contributed by atoms with Crippen LogP contribution in [0.15, 0.2) is 48.5 Å². The molecule has 0 unspecified atom stereocenters. The van der Waals surface area contributed by atoms with E-state index in [4.69, 9.17) is 4.74 Å². The number of hydrogen-bond donors (Lipinski definition) is 1. The van der Waals surface area contributed by atoms with Crippen LogP contribution in [0.4, 0.5) is 10.5 Å². The Balaban J connectivity index is 1.93. The first-order valence-corrected chi connectivity index (χ1v) is 6.22. The Morgan fingerprint density at radius 1 is 1.20 bits per heavy atom. The first-order chi connectivity index (χ1) is 9.69. The topological polar surface area (TPSA) is 55.4 Å². The molecule has 2 aromatic carbocycles. The summed E-state index contributed by atoms with van der Waals surface area (Å²) in [7, 11) is 0. The summed E-state index contributed by atoms with van der Waals surface area (Å²) in [6.45, 7) is 2.04. The first-order valence-electron chi connectivity index (χ1n) is 6.22. The van der Waals surface area contributed by atoms with Gasteiger partial charge < -0.3 is 4.74 Å². The Hall–Kier alpha value is -2.62. The van der Waals surface area contributed by atoms with Crippen LogP contribution in [-0.4, -0.2) is 12.4 Å². The molecule has 2 aromatic rings. The molecule has 0 aromatic heterocycles. The van der Waals surface area contributed by atoms with Gasteiger partial charge in [0.25, 0.3) is 0 Å². The number of rotatable bonds is 4. The van der Waals surface area contributed by atoms with E-state index in [1.54, 1.807) is 18.2 Å². The Labute approximate surface area is 117 Å². The smallest absolute Gasteiger partial charge is 0.411 e. The number of benzene rings is 2. The maximum absolute atomic E-state index is 11.7. The van der Waals surface area contributed by atoms with Gasteiger partial charge in [0.2, 0.25) is 0 Å². The van der Waals surface area contributed by atoms with Crippen molar-refractivity contribution in [2.24, 2.45) is 0 Å². The molecule has 0 spiro atoms. The van der Waals surface area contributed by atoms with Crippen LogP contribution in [0.25, 0.3) is 0 Å². The van der Waals surface area contributed by atoms with Crippen molar-refractivity contribution >= 4 is 18.1 Å². The predicted molar refractivity (Wildman–Crippen MR) is 76.8 cm³/mol. The zero-order chi connectivity index (χ0) is 14.4. The van der Waals surface area contributed by atoms with E-state index in [0.29, 0.717) is 11.3 Å². The number of aldehydes is 1. The molecule has 0 atom stereocenters. The van der Waals surface area contributed by atoms with Gasteiger partial charge in [-0.3, -0.25) is 10.1 Å². The van der Waals surface area contributed by atoms with E-state index in [9.17, 15) is 9.59 Å². The van der Waals surface area contributed by atoms with Crippen LogP contribution in [0.2, 0.25) is 0 Å². The molecule has 20 heavy (non-hydrogen) atoms. The van der Waals surface area contributed by atoms with Crippen LogP contribution in [-0.2, 0) is 11.3 Å². The minimum absolute atomic E-state index is 0.220. The summed E-state index contributed by atoms with van der Waals surface area (Å²) >= 11 is 0. The van der Waals surface area contributed by atoms with Crippen LogP contribution in [0.1, 0.15) is 21.5 Å². The van der Waals surface area contributed by atoms with Crippen LogP contribution in [0.3, 0.4) is 0 Å². The third kappa shape index (κ3) is 3.68. The summed E-state index contributed by atoms with van der Waals surface area (Å²) in [5.74, 6) is 0. The van der Waals surface area contributed by atoms with Gasteiger partial charge in [-0.05, 0) is 36.2 Å². The summed E-state index contributed by atoms with van der Waals surface area (Å²) in [6, 6.07) is 14.5. The predicted octanol–water partition coefficient (Wildman–Crippen LogP) is 3.56. The molecule has 0 radical (unpaired) electrons. The van der Waals surface area contributed by atoms with Gasteiger partial charge in [0.15, 0.2) is 0 Å². The molecule has 102 valence electrons. The minimum Gasteiger partial charge on any atom is -0.444 e. The van der Waals surface area contributed by atoms with Crippen molar-refractivity contribution in [1.82, 2.24) is 0 Å². The summed E-state index contributed by atoms with van der Waals surface area (Å²) in [4.78, 5) is 22.3. The summed E-state index contributed by atoms with van der Waals surface area (Å²) in [5, 5.41) is 2.65. The molecule has 4 nitrogen and oxygen atoms in total. The Morgan fingerprint density at radius 2 is 1.95 bits per heavy atom. The lowest BCUT2D eigenvalue weighted by Gasteiger charge is -2.09. The number of amides is 1. The van der Waals surface area contributed by atoms with Gasteiger partial charge in [0.05, 0.1) is 0 Å². The monoisotopic (exact) mass is 269 g/mol. The molecule has 0 bridgehead atoms. The van der Waals surface area contributed by atoms with Crippen molar-refractivity contribution in [3.8, 4) is 0 Å². The minimum atomic E-state index is -0.518. The maximum Gasteiger partial charge on any atom is 0.411 e. The number of carbonyl (C=O) groups excluding carboxylic acids is 2. The third-order valence-corrected chi connectivity index (χ3v) is 2.84. The molecule has 0 heterocycles. The molecule has 0 aliphatic carbocycles. The Bertz CT molecular complexity index is 608. The van der Waals surface area contributed by atoms with Gasteiger partial charge in [-0.15, -0.1) is 0 Å². The van der Waals surface area contributed by atoms with Crippen molar-refractivity contribution in [1.29, 1.82) is 0 Å². The molecule has 0 aliphatic heterocycles. The maximum atomic E-state index is 11.7. The molecular weight excluding hydrogens is 254 g/mol. The van der Waals surface area contributed by atoms with E-state index in [2.05, 4.69) is 5.32 Å². The third-order valence-electron chi connectivity index (χ3n) is 2.84. The van der Waals surface area contributed by atoms with Crippen LogP contribution >= 0.6 is 0 Å². The molecule has 0 aliphatic rings. The lowest BCUT2D eigenvalue weighted by atomic mass is 10.1. The highest BCUT2D eigenvalue weighted by Crippen LogP contribution is 2.16. The first kappa shape index (κ1) is 13.8. The lowest BCUT2D eigenvalue weighted by molar-refractivity contribution is 0.112. The van der Waals surface area contributed by atoms with E-state index in [0.717, 1.165) is 17.4 Å². The van der Waals surface area contributed by atoms with Crippen molar-refractivity contribution in [3.05, 3.63) is 65.2 Å². The van der Waals surface area contributed by atoms with Gasteiger partial charge in [0.1, 0.15) is 12.9 Å². The zero-order valence-electron chi connectivity index (χ0n) is 11.1. The van der Waals surface area contributed by atoms with Crippen LogP contribution in [0, 0.1) is 6.92 Å². The molecule has 0 fully saturated rings. The molecule has 4 heteroatoms. The number of aryl methyl sites for hydroxylation is 1. The quantitative estimate of drug-likeness (QED) is 0.863. The van der Waals surface area contributed by atoms with Gasteiger partial charge in [-0.25, -0.2) is 4.79 Å². The van der Waals surface area contributed by atoms with Crippen LogP contribution < -0.4 is 5.32 Å². The van der Waals surface area contributed by atoms with Gasteiger partial charge >= 0.3 is 6.09 Å². The molecule has 1 amide bonds. The molecule has 0 saturated heterocycles. The summed E-state index contributed by atoms with van der Waals surface area (Å²) in [5.41, 5.74) is 2.95. The van der Waals surface area contributed by atoms with E-state index in [1.165, 1.54) is 0 Å². The van der Waals surface area contributed by atoms with E-state index in [1.807, 2.05) is 37.3 Å². The summed E-state index contributed by atoms with van der Waals surface area (Å²) < 4.78 is 5.12. The normalized spacial score (nSPS) is 9.85. The van der Waals surface area contributed by atoms with Gasteiger partial charge in [0, 0.05) is 11.3 Å². The zero-order valence-corrected chi connectivity index (χ0v) is 11.1. The largest absolute Gasteiger partial charge is 0.444 e. The van der Waals surface area contributed by atoms with Gasteiger partial charge in [-0.1, -0.05) is 30.3 Å². The highest BCUT2D eigenvalue weighted by atomic mass is 16.5. The second kappa shape index (κ2) is 6.52. The average molecular weight is 269 g/mol. The Kier molecular flexibility index (Phi) is 4.50. The van der Waals surface area contributed by atoms with Crippen molar-refractivity contribution in [2.45, 2.75) is 13.5 Å². The highest BCUT2D eigenvalue weighted by Gasteiger charge is 2.06. The van der Waals surface area contributed by atoms with Gasteiger partial charge in [-0.2, -0.15) is 0 Å². The highest BCUT2D eigenvalue weighted by molar-refractivity contribution is 5.86. The molecular formula is C16H15NO3. The lowest BCUT2D eigenvalue weighted by Crippen LogP contribution is -2.14. The second-order valence-corrected chi connectivity index (χ2v) is 4.38. The fourth-order valence-electron chi connectivity index (χ4n) is 1.77. The number of ether oxygens (including phenoxy) is 1. The molecule has 2 rings (SSSR count). The molecule has 0 saturated carbocycles. The van der Waals surface area contributed by atoms with Crippen molar-refractivity contribution < 1.29 is 14.3 Å². The number of carbonyl (C=O) groups is 2. The number of nitrogens with one attached hydrogen (secondary N) is 1. The SMILES string of the molecule is Cc1cc(C=O)ccc1NC(=O)OCc1ccccc1. The molecule has 1 N–H and O–H groups in total. The van der Waals surface area contributed by atoms with Crippen molar-refractivity contribution in [2.75, 3.05) is 5.32 Å². The fraction of sp³-hybridized carbons (Fsp3) is 0.125. The van der Waals surface area contributed by atoms with E-state index < -0.39 is 6.09 Å². The summed E-state index contributed by atoms with van der Waals surface area (Å²) in [6.07, 6.45) is 0.251. The average Bonchev–Trinajstić information content (AvgIpc) is 2.48. The van der Waals surface area contributed by atoms with E-state index >= 15 is 0 Å². The fourth-order valence-corrected chi connectivity index (χ4v) is 1.77. The number of hydrogen-bond acceptors (Lipinski definition) is 3.